The molecule has 0 aromatic heterocycles. The van der Waals surface area contributed by atoms with Crippen molar-refractivity contribution in [3.05, 3.63) is 12.2 Å². The molecule has 0 aromatic rings. The lowest BCUT2D eigenvalue weighted by Gasteiger charge is -2.46. The Kier molecular flexibility index (Phi) is 8.29. The molecule has 6 nitrogen and oxygen atoms in total. The van der Waals surface area contributed by atoms with Gasteiger partial charge in [0.2, 0.25) is 0 Å². The van der Waals surface area contributed by atoms with E-state index >= 15 is 0 Å². The number of methoxy groups -OCH3 is 1. The fourth-order valence-corrected chi connectivity index (χ4v) is 5.69. The summed E-state index contributed by atoms with van der Waals surface area (Å²) < 4.78 is 21.1. The molecule has 0 bridgehead atoms. The fourth-order valence-electron chi connectivity index (χ4n) is 5.69. The molecule has 0 saturated heterocycles. The van der Waals surface area contributed by atoms with Crippen molar-refractivity contribution in [3.63, 3.8) is 0 Å². The number of ether oxygens (including phenoxy) is 4. The normalized spacial score (nSPS) is 33.9. The molecule has 0 spiro atoms. The number of hydrogen-bond donors (Lipinski definition) is 0. The molecule has 3 aliphatic carbocycles. The number of rotatable bonds is 5. The summed E-state index contributed by atoms with van der Waals surface area (Å²) >= 11 is 0. The van der Waals surface area contributed by atoms with Crippen molar-refractivity contribution in [2.45, 2.75) is 103 Å². The average Bonchev–Trinajstić information content (AvgIpc) is 2.76. The van der Waals surface area contributed by atoms with E-state index in [1.54, 1.807) is 0 Å². The van der Waals surface area contributed by atoms with Gasteiger partial charge >= 0.3 is 12.3 Å². The van der Waals surface area contributed by atoms with Crippen LogP contribution in [0.25, 0.3) is 0 Å². The zero-order valence-electron chi connectivity index (χ0n) is 19.6. The van der Waals surface area contributed by atoms with Crippen molar-refractivity contribution in [1.82, 2.24) is 0 Å². The van der Waals surface area contributed by atoms with Crippen LogP contribution in [0.3, 0.4) is 0 Å². The highest BCUT2D eigenvalue weighted by atomic mass is 16.7. The zero-order chi connectivity index (χ0) is 22.4. The van der Waals surface area contributed by atoms with Crippen LogP contribution in [0.15, 0.2) is 12.2 Å². The molecule has 0 radical (unpaired) electrons. The van der Waals surface area contributed by atoms with Gasteiger partial charge in [-0.15, -0.1) is 0 Å². The number of allylic oxidation sites excluding steroid dienone is 1. The smallest absolute Gasteiger partial charge is 0.438 e. The van der Waals surface area contributed by atoms with Crippen LogP contribution in [-0.2, 0) is 18.9 Å². The van der Waals surface area contributed by atoms with Gasteiger partial charge in [-0.05, 0) is 93.5 Å². The van der Waals surface area contributed by atoms with Crippen molar-refractivity contribution in [2.24, 2.45) is 23.2 Å². The summed E-state index contributed by atoms with van der Waals surface area (Å²) in [6.07, 6.45) is 12.7. The lowest BCUT2D eigenvalue weighted by molar-refractivity contribution is -0.0331. The molecule has 3 rings (SSSR count). The first kappa shape index (κ1) is 23.9. The van der Waals surface area contributed by atoms with Gasteiger partial charge in [0.1, 0.15) is 18.3 Å². The molecule has 31 heavy (non-hydrogen) atoms. The molecule has 2 fully saturated rings. The zero-order valence-corrected chi connectivity index (χ0v) is 19.6. The molecule has 0 heterocycles. The Labute approximate surface area is 187 Å². The number of hydrogen-bond acceptors (Lipinski definition) is 6. The van der Waals surface area contributed by atoms with Gasteiger partial charge in [0.05, 0.1) is 7.11 Å². The van der Waals surface area contributed by atoms with Crippen molar-refractivity contribution in [3.8, 4) is 0 Å². The molecule has 0 amide bonds. The maximum Gasteiger partial charge on any atom is 0.509 e. The van der Waals surface area contributed by atoms with Crippen LogP contribution in [0.1, 0.15) is 85.0 Å². The van der Waals surface area contributed by atoms with Crippen LogP contribution < -0.4 is 0 Å². The highest BCUT2D eigenvalue weighted by Crippen LogP contribution is 2.49. The van der Waals surface area contributed by atoms with Gasteiger partial charge in [0.15, 0.2) is 0 Å². The maximum atomic E-state index is 12.2. The minimum absolute atomic E-state index is 0.0168. The minimum Gasteiger partial charge on any atom is -0.438 e. The molecule has 2 unspecified atom stereocenters. The van der Waals surface area contributed by atoms with E-state index in [2.05, 4.69) is 31.6 Å². The Balaban J connectivity index is 1.40. The second-order valence-electron chi connectivity index (χ2n) is 10.3. The summed E-state index contributed by atoms with van der Waals surface area (Å²) in [6, 6.07) is 0. The van der Waals surface area contributed by atoms with Crippen LogP contribution in [0.4, 0.5) is 9.59 Å². The van der Waals surface area contributed by atoms with E-state index in [0.717, 1.165) is 64.2 Å². The van der Waals surface area contributed by atoms with Gasteiger partial charge in [0, 0.05) is 0 Å². The molecular weight excluding hydrogens is 396 g/mol. The Morgan fingerprint density at radius 3 is 1.68 bits per heavy atom. The van der Waals surface area contributed by atoms with E-state index in [9.17, 15) is 9.59 Å². The SMILES string of the molecule is COC(=O)OC1CCC(C(C)(C)C2CCC(OC(=O)OC3C=CC(C)CC3)CC2)CC1. The van der Waals surface area contributed by atoms with Gasteiger partial charge in [-0.1, -0.05) is 26.8 Å². The largest absolute Gasteiger partial charge is 0.509 e. The van der Waals surface area contributed by atoms with Crippen molar-refractivity contribution < 1.29 is 28.5 Å². The van der Waals surface area contributed by atoms with E-state index in [1.807, 2.05) is 6.08 Å². The molecule has 2 atom stereocenters. The van der Waals surface area contributed by atoms with Gasteiger partial charge in [-0.2, -0.15) is 0 Å². The van der Waals surface area contributed by atoms with Crippen LogP contribution in [0.5, 0.6) is 0 Å². The van der Waals surface area contributed by atoms with Crippen molar-refractivity contribution >= 4 is 12.3 Å². The Morgan fingerprint density at radius 1 is 0.710 bits per heavy atom. The van der Waals surface area contributed by atoms with E-state index in [4.69, 9.17) is 14.2 Å². The third-order valence-electron chi connectivity index (χ3n) is 7.95. The standard InChI is InChI=1S/C25H40O6/c1-17-5-11-20(12-6-17)30-24(27)31-22-15-9-19(10-16-22)25(2,3)18-7-13-21(14-8-18)29-23(26)28-4/h5,11,17-22H,6-10,12-16H2,1-4H3. The van der Waals surface area contributed by atoms with Crippen LogP contribution in [0, 0.1) is 23.2 Å². The molecule has 0 N–H and O–H groups in total. The molecule has 0 aromatic carbocycles. The fraction of sp³-hybridized carbons (Fsp3) is 0.840. The third kappa shape index (κ3) is 6.63. The summed E-state index contributed by atoms with van der Waals surface area (Å²) in [5, 5.41) is 0. The predicted molar refractivity (Wildman–Crippen MR) is 118 cm³/mol. The first-order valence-electron chi connectivity index (χ1n) is 12.1. The second kappa shape index (κ2) is 10.7. The molecule has 0 aliphatic heterocycles. The summed E-state index contributed by atoms with van der Waals surface area (Å²) in [5.74, 6) is 1.80. The summed E-state index contributed by atoms with van der Waals surface area (Å²) in [4.78, 5) is 23.5. The van der Waals surface area contributed by atoms with E-state index in [1.165, 1.54) is 7.11 Å². The quantitative estimate of drug-likeness (QED) is 0.366. The molecular formula is C25H40O6. The van der Waals surface area contributed by atoms with Crippen LogP contribution in [-0.4, -0.2) is 37.7 Å². The topological polar surface area (TPSA) is 71.1 Å². The molecule has 6 heteroatoms. The third-order valence-corrected chi connectivity index (χ3v) is 7.95. The predicted octanol–water partition coefficient (Wildman–Crippen LogP) is 6.42. The first-order chi connectivity index (χ1) is 14.8. The van der Waals surface area contributed by atoms with Gasteiger partial charge < -0.3 is 18.9 Å². The van der Waals surface area contributed by atoms with E-state index < -0.39 is 12.3 Å². The molecule has 2 saturated carbocycles. The van der Waals surface area contributed by atoms with Crippen molar-refractivity contribution in [1.29, 1.82) is 0 Å². The first-order valence-corrected chi connectivity index (χ1v) is 12.1. The Bertz CT molecular complexity index is 626. The van der Waals surface area contributed by atoms with Gasteiger partial charge in [-0.3, -0.25) is 0 Å². The minimum atomic E-state index is -0.575. The Morgan fingerprint density at radius 2 is 1.23 bits per heavy atom. The van der Waals surface area contributed by atoms with Gasteiger partial charge in [-0.25, -0.2) is 9.59 Å². The second-order valence-corrected chi connectivity index (χ2v) is 10.3. The lowest BCUT2D eigenvalue weighted by atomic mass is 9.60. The molecule has 176 valence electrons. The lowest BCUT2D eigenvalue weighted by Crippen LogP contribution is -2.39. The van der Waals surface area contributed by atoms with Crippen molar-refractivity contribution in [2.75, 3.05) is 7.11 Å². The maximum absolute atomic E-state index is 12.2. The average molecular weight is 437 g/mol. The van der Waals surface area contributed by atoms with Crippen LogP contribution >= 0.6 is 0 Å². The van der Waals surface area contributed by atoms with Crippen LogP contribution in [0.2, 0.25) is 0 Å². The Hall–Kier alpha value is -1.72. The molecule has 3 aliphatic rings. The summed E-state index contributed by atoms with van der Waals surface area (Å²) in [7, 11) is 1.35. The number of carbonyl (C=O) groups is 2. The highest BCUT2D eigenvalue weighted by Gasteiger charge is 2.41. The van der Waals surface area contributed by atoms with Gasteiger partial charge in [0.25, 0.3) is 0 Å². The van der Waals surface area contributed by atoms with E-state index in [0.29, 0.717) is 17.8 Å². The monoisotopic (exact) mass is 436 g/mol. The summed E-state index contributed by atoms with van der Waals surface area (Å²) in [5.41, 5.74) is 0.227. The van der Waals surface area contributed by atoms with E-state index in [-0.39, 0.29) is 23.7 Å². The number of carbonyl (C=O) groups excluding carboxylic acids is 2. The highest BCUT2D eigenvalue weighted by molar-refractivity contribution is 5.60. The summed E-state index contributed by atoms with van der Waals surface area (Å²) in [6.45, 7) is 6.94.